The fourth-order valence-corrected chi connectivity index (χ4v) is 1.17. The standard InChI is InChI=1S/C8H8Cl2N2O/c9-7(10)5-2-1-3-6(4-5)12-8(11)13/h1-4,7H,(H3,11,12,13). The van der Waals surface area contributed by atoms with Crippen molar-refractivity contribution >= 4 is 34.9 Å². The molecule has 5 heteroatoms. The van der Waals surface area contributed by atoms with Gasteiger partial charge in [-0.15, -0.1) is 23.2 Å². The zero-order valence-electron chi connectivity index (χ0n) is 6.63. The largest absolute Gasteiger partial charge is 0.351 e. The van der Waals surface area contributed by atoms with Crippen LogP contribution in [0.3, 0.4) is 0 Å². The van der Waals surface area contributed by atoms with Crippen LogP contribution < -0.4 is 11.1 Å². The van der Waals surface area contributed by atoms with Crippen LogP contribution in [0.2, 0.25) is 0 Å². The molecule has 3 N–H and O–H groups in total. The maximum absolute atomic E-state index is 10.5. The molecule has 0 aliphatic rings. The highest BCUT2D eigenvalue weighted by atomic mass is 35.5. The Balaban J connectivity index is 2.85. The molecule has 3 nitrogen and oxygen atoms in total. The first kappa shape index (κ1) is 10.2. The lowest BCUT2D eigenvalue weighted by molar-refractivity contribution is 0.259. The molecule has 0 saturated carbocycles. The van der Waals surface area contributed by atoms with Gasteiger partial charge in [0, 0.05) is 5.69 Å². The zero-order valence-corrected chi connectivity index (χ0v) is 8.14. The predicted octanol–water partition coefficient (Wildman–Crippen LogP) is 2.65. The van der Waals surface area contributed by atoms with E-state index in [-0.39, 0.29) is 0 Å². The van der Waals surface area contributed by atoms with Crippen molar-refractivity contribution in [2.75, 3.05) is 5.32 Å². The second kappa shape index (κ2) is 4.35. The third kappa shape index (κ3) is 3.13. The molecular weight excluding hydrogens is 211 g/mol. The molecule has 2 amide bonds. The molecule has 0 aliphatic carbocycles. The van der Waals surface area contributed by atoms with E-state index in [0.29, 0.717) is 5.69 Å². The highest BCUT2D eigenvalue weighted by Crippen LogP contribution is 2.26. The Morgan fingerprint density at radius 1 is 1.46 bits per heavy atom. The summed E-state index contributed by atoms with van der Waals surface area (Å²) in [5, 5.41) is 2.42. The van der Waals surface area contributed by atoms with Crippen molar-refractivity contribution in [3.05, 3.63) is 29.8 Å². The van der Waals surface area contributed by atoms with Crippen molar-refractivity contribution in [2.24, 2.45) is 5.73 Å². The lowest BCUT2D eigenvalue weighted by Crippen LogP contribution is -2.19. The highest BCUT2D eigenvalue weighted by Gasteiger charge is 2.04. The molecule has 0 saturated heterocycles. The van der Waals surface area contributed by atoms with Gasteiger partial charge in [0.2, 0.25) is 0 Å². The molecule has 0 spiro atoms. The molecule has 0 bridgehead atoms. The van der Waals surface area contributed by atoms with Crippen LogP contribution in [-0.2, 0) is 0 Å². The number of benzene rings is 1. The van der Waals surface area contributed by atoms with E-state index in [1.165, 1.54) is 0 Å². The number of anilines is 1. The first-order valence-electron chi connectivity index (χ1n) is 3.54. The third-order valence-corrected chi connectivity index (χ3v) is 1.91. The van der Waals surface area contributed by atoms with Gasteiger partial charge in [0.25, 0.3) is 0 Å². The quantitative estimate of drug-likeness (QED) is 0.738. The van der Waals surface area contributed by atoms with E-state index < -0.39 is 10.9 Å². The summed E-state index contributed by atoms with van der Waals surface area (Å²) < 4.78 is 0. The van der Waals surface area contributed by atoms with Gasteiger partial charge < -0.3 is 11.1 Å². The van der Waals surface area contributed by atoms with Crippen molar-refractivity contribution in [3.63, 3.8) is 0 Å². The predicted molar refractivity (Wildman–Crippen MR) is 54.1 cm³/mol. The van der Waals surface area contributed by atoms with E-state index in [9.17, 15) is 4.79 Å². The Morgan fingerprint density at radius 3 is 2.69 bits per heavy atom. The number of carbonyl (C=O) groups is 1. The van der Waals surface area contributed by atoms with Crippen LogP contribution >= 0.6 is 23.2 Å². The van der Waals surface area contributed by atoms with E-state index >= 15 is 0 Å². The molecule has 0 aliphatic heterocycles. The normalized spacial score (nSPS) is 10.1. The average molecular weight is 219 g/mol. The van der Waals surface area contributed by atoms with Crippen molar-refractivity contribution < 1.29 is 4.79 Å². The zero-order chi connectivity index (χ0) is 9.84. The Bertz CT molecular complexity index is 315. The second-order valence-electron chi connectivity index (χ2n) is 2.42. The summed E-state index contributed by atoms with van der Waals surface area (Å²) in [6.45, 7) is 0. The van der Waals surface area contributed by atoms with Crippen LogP contribution in [0.1, 0.15) is 10.4 Å². The maximum atomic E-state index is 10.5. The molecule has 1 aromatic rings. The third-order valence-electron chi connectivity index (χ3n) is 1.41. The summed E-state index contributed by atoms with van der Waals surface area (Å²) in [6.07, 6.45) is 0. The van der Waals surface area contributed by atoms with Gasteiger partial charge in [0.1, 0.15) is 4.84 Å². The summed E-state index contributed by atoms with van der Waals surface area (Å²) in [5.74, 6) is 0. The summed E-state index contributed by atoms with van der Waals surface area (Å²) in [7, 11) is 0. The van der Waals surface area contributed by atoms with Gasteiger partial charge in [0.05, 0.1) is 0 Å². The molecule has 1 rings (SSSR count). The van der Waals surface area contributed by atoms with Crippen LogP contribution in [0, 0.1) is 0 Å². The maximum Gasteiger partial charge on any atom is 0.316 e. The SMILES string of the molecule is NC(=O)Nc1cccc(C(Cl)Cl)c1. The average Bonchev–Trinajstić information content (AvgIpc) is 2.03. The summed E-state index contributed by atoms with van der Waals surface area (Å²) in [6, 6.07) is 6.24. The monoisotopic (exact) mass is 218 g/mol. The molecule has 0 fully saturated rings. The minimum atomic E-state index is -0.613. The number of alkyl halides is 2. The lowest BCUT2D eigenvalue weighted by Gasteiger charge is -2.05. The Hall–Kier alpha value is -0.930. The van der Waals surface area contributed by atoms with Crippen LogP contribution in [0.4, 0.5) is 10.5 Å². The number of hydrogen-bond donors (Lipinski definition) is 2. The van der Waals surface area contributed by atoms with Gasteiger partial charge >= 0.3 is 6.03 Å². The number of carbonyl (C=O) groups excluding carboxylic acids is 1. The van der Waals surface area contributed by atoms with E-state index in [0.717, 1.165) is 5.56 Å². The van der Waals surface area contributed by atoms with E-state index in [1.807, 2.05) is 0 Å². The van der Waals surface area contributed by atoms with Crippen molar-refractivity contribution in [1.82, 2.24) is 0 Å². The molecule has 13 heavy (non-hydrogen) atoms. The fourth-order valence-electron chi connectivity index (χ4n) is 0.894. The van der Waals surface area contributed by atoms with Crippen LogP contribution in [0.15, 0.2) is 24.3 Å². The molecule has 0 unspecified atom stereocenters. The molecule has 0 atom stereocenters. The summed E-state index contributed by atoms with van der Waals surface area (Å²) in [5.41, 5.74) is 6.23. The van der Waals surface area contributed by atoms with Gasteiger partial charge in [-0.25, -0.2) is 4.79 Å². The topological polar surface area (TPSA) is 55.1 Å². The minimum Gasteiger partial charge on any atom is -0.351 e. The van der Waals surface area contributed by atoms with Crippen LogP contribution in [-0.4, -0.2) is 6.03 Å². The number of halogens is 2. The van der Waals surface area contributed by atoms with E-state index in [1.54, 1.807) is 24.3 Å². The highest BCUT2D eigenvalue weighted by molar-refractivity contribution is 6.44. The first-order chi connectivity index (χ1) is 6.09. The van der Waals surface area contributed by atoms with Gasteiger partial charge in [-0.05, 0) is 17.7 Å². The van der Waals surface area contributed by atoms with Crippen molar-refractivity contribution in [2.45, 2.75) is 4.84 Å². The molecule has 70 valence electrons. The van der Waals surface area contributed by atoms with Crippen molar-refractivity contribution in [3.8, 4) is 0 Å². The molecule has 0 aromatic heterocycles. The second-order valence-corrected chi connectivity index (χ2v) is 3.51. The van der Waals surface area contributed by atoms with E-state index in [2.05, 4.69) is 5.32 Å². The van der Waals surface area contributed by atoms with Crippen molar-refractivity contribution in [1.29, 1.82) is 0 Å². The lowest BCUT2D eigenvalue weighted by atomic mass is 10.2. The Kier molecular flexibility index (Phi) is 3.39. The molecule has 1 aromatic carbocycles. The van der Waals surface area contributed by atoms with Crippen LogP contribution in [0.5, 0.6) is 0 Å². The molecule has 0 heterocycles. The first-order valence-corrected chi connectivity index (χ1v) is 4.41. The number of urea groups is 1. The Morgan fingerprint density at radius 2 is 2.15 bits per heavy atom. The Labute approximate surface area is 85.8 Å². The van der Waals surface area contributed by atoms with Gasteiger partial charge in [-0.3, -0.25) is 0 Å². The number of rotatable bonds is 2. The van der Waals surface area contributed by atoms with Crippen LogP contribution in [0.25, 0.3) is 0 Å². The number of amides is 2. The van der Waals surface area contributed by atoms with Gasteiger partial charge in [0.15, 0.2) is 0 Å². The smallest absolute Gasteiger partial charge is 0.316 e. The molecule has 0 radical (unpaired) electrons. The molecular formula is C8H8Cl2N2O. The van der Waals surface area contributed by atoms with Gasteiger partial charge in [-0.2, -0.15) is 0 Å². The van der Waals surface area contributed by atoms with E-state index in [4.69, 9.17) is 28.9 Å². The number of nitrogens with two attached hydrogens (primary N) is 1. The number of nitrogens with one attached hydrogen (secondary N) is 1. The minimum absolute atomic E-state index is 0.580. The summed E-state index contributed by atoms with van der Waals surface area (Å²) >= 11 is 11.3. The summed E-state index contributed by atoms with van der Waals surface area (Å²) in [4.78, 5) is 9.89. The fraction of sp³-hybridized carbons (Fsp3) is 0.125. The van der Waals surface area contributed by atoms with Gasteiger partial charge in [-0.1, -0.05) is 12.1 Å². The number of hydrogen-bond acceptors (Lipinski definition) is 1. The number of primary amides is 1.